The molecule has 0 saturated carbocycles. The summed E-state index contributed by atoms with van der Waals surface area (Å²) in [5.41, 5.74) is 6.31. The van der Waals surface area contributed by atoms with Crippen LogP contribution in [0.3, 0.4) is 0 Å². The molecular weight excluding hydrogens is 262 g/mol. The lowest BCUT2D eigenvalue weighted by Crippen LogP contribution is -2.09. The van der Waals surface area contributed by atoms with E-state index in [2.05, 4.69) is 0 Å². The Bertz CT molecular complexity index is 474. The third-order valence-electron chi connectivity index (χ3n) is 2.20. The number of nitrogens with two attached hydrogens (primary N) is 1. The summed E-state index contributed by atoms with van der Waals surface area (Å²) in [7, 11) is -2.93. The lowest BCUT2D eigenvalue weighted by Gasteiger charge is -2.11. The fourth-order valence-electron chi connectivity index (χ4n) is 1.38. The van der Waals surface area contributed by atoms with Gasteiger partial charge >= 0.3 is 0 Å². The zero-order chi connectivity index (χ0) is 12.9. The highest BCUT2D eigenvalue weighted by Crippen LogP contribution is 2.25. The van der Waals surface area contributed by atoms with Gasteiger partial charge in [-0.3, -0.25) is 0 Å². The van der Waals surface area contributed by atoms with Crippen LogP contribution in [0.25, 0.3) is 0 Å². The smallest absolute Gasteiger partial charge is 0.147 e. The molecule has 0 fully saturated rings. The van der Waals surface area contributed by atoms with Gasteiger partial charge in [-0.1, -0.05) is 17.7 Å². The second-order valence-electron chi connectivity index (χ2n) is 3.75. The van der Waals surface area contributed by atoms with Gasteiger partial charge in [0.25, 0.3) is 0 Å². The number of hydrogen-bond donors (Lipinski definition) is 1. The van der Waals surface area contributed by atoms with Crippen molar-refractivity contribution in [1.82, 2.24) is 0 Å². The van der Waals surface area contributed by atoms with Crippen LogP contribution in [0.4, 0.5) is 0 Å². The van der Waals surface area contributed by atoms with Gasteiger partial charge in [0.1, 0.15) is 15.6 Å². The van der Waals surface area contributed by atoms with E-state index in [0.29, 0.717) is 30.3 Å². The highest BCUT2D eigenvalue weighted by atomic mass is 35.5. The van der Waals surface area contributed by atoms with Crippen molar-refractivity contribution in [3.63, 3.8) is 0 Å². The summed E-state index contributed by atoms with van der Waals surface area (Å²) in [6.45, 7) is 0.626. The molecule has 0 aliphatic rings. The Hall–Kier alpha value is -0.780. The van der Waals surface area contributed by atoms with Crippen LogP contribution in [0.2, 0.25) is 5.02 Å². The molecule has 0 spiro atoms. The van der Waals surface area contributed by atoms with Crippen LogP contribution in [0, 0.1) is 0 Å². The average molecular weight is 278 g/mol. The lowest BCUT2D eigenvalue weighted by atomic mass is 10.2. The molecule has 17 heavy (non-hydrogen) atoms. The number of hydrogen-bond acceptors (Lipinski definition) is 4. The van der Waals surface area contributed by atoms with Crippen molar-refractivity contribution < 1.29 is 13.2 Å². The Kier molecular flexibility index (Phi) is 5.24. The molecular formula is C11H16ClNO3S. The van der Waals surface area contributed by atoms with Crippen molar-refractivity contribution in [3.05, 3.63) is 28.8 Å². The fourth-order valence-corrected chi connectivity index (χ4v) is 2.26. The van der Waals surface area contributed by atoms with Gasteiger partial charge in [-0.25, -0.2) is 8.42 Å². The van der Waals surface area contributed by atoms with Gasteiger partial charge < -0.3 is 10.5 Å². The fraction of sp³-hybridized carbons (Fsp3) is 0.455. The predicted molar refractivity (Wildman–Crippen MR) is 69.2 cm³/mol. The van der Waals surface area contributed by atoms with Crippen LogP contribution >= 0.6 is 11.6 Å². The maximum atomic E-state index is 10.9. The molecule has 4 nitrogen and oxygen atoms in total. The molecule has 1 rings (SSSR count). The normalized spacial score (nSPS) is 11.5. The first-order chi connectivity index (χ1) is 7.94. The molecule has 0 heterocycles. The Balaban J connectivity index is 2.55. The quantitative estimate of drug-likeness (QED) is 0.802. The second-order valence-corrected chi connectivity index (χ2v) is 6.42. The molecule has 0 atom stereocenters. The van der Waals surface area contributed by atoms with E-state index < -0.39 is 9.84 Å². The zero-order valence-corrected chi connectivity index (χ0v) is 11.2. The molecule has 0 radical (unpaired) electrons. The van der Waals surface area contributed by atoms with E-state index >= 15 is 0 Å². The summed E-state index contributed by atoms with van der Waals surface area (Å²) in [5.74, 6) is 0.736. The van der Waals surface area contributed by atoms with Crippen molar-refractivity contribution in [1.29, 1.82) is 0 Å². The van der Waals surface area contributed by atoms with Crippen LogP contribution in [0.15, 0.2) is 18.2 Å². The molecule has 0 bridgehead atoms. The Morgan fingerprint density at radius 1 is 1.41 bits per heavy atom. The molecule has 6 heteroatoms. The van der Waals surface area contributed by atoms with E-state index in [1.54, 1.807) is 18.2 Å². The van der Waals surface area contributed by atoms with Gasteiger partial charge in [0.15, 0.2) is 0 Å². The third-order valence-corrected chi connectivity index (χ3v) is 3.58. The van der Waals surface area contributed by atoms with Crippen LogP contribution < -0.4 is 10.5 Å². The van der Waals surface area contributed by atoms with E-state index in [1.165, 1.54) is 6.26 Å². The second kappa shape index (κ2) is 6.23. The van der Waals surface area contributed by atoms with Crippen LogP contribution in [-0.4, -0.2) is 27.0 Å². The summed E-state index contributed by atoms with van der Waals surface area (Å²) in [4.78, 5) is 0. The van der Waals surface area contributed by atoms with Crippen molar-refractivity contribution in [2.45, 2.75) is 13.0 Å². The minimum atomic E-state index is -2.93. The van der Waals surface area contributed by atoms with Gasteiger partial charge in [-0.15, -0.1) is 0 Å². The molecule has 0 aliphatic heterocycles. The Morgan fingerprint density at radius 3 is 2.71 bits per heavy atom. The van der Waals surface area contributed by atoms with E-state index in [1.807, 2.05) is 0 Å². The molecule has 2 N–H and O–H groups in total. The number of benzene rings is 1. The number of halogens is 1. The maximum absolute atomic E-state index is 10.9. The molecule has 1 aromatic rings. The summed E-state index contributed by atoms with van der Waals surface area (Å²) in [6, 6.07) is 5.29. The maximum Gasteiger partial charge on any atom is 0.147 e. The van der Waals surface area contributed by atoms with E-state index in [0.717, 1.165) is 5.56 Å². The van der Waals surface area contributed by atoms with Crippen LogP contribution in [-0.2, 0) is 16.4 Å². The largest absolute Gasteiger partial charge is 0.493 e. The minimum Gasteiger partial charge on any atom is -0.493 e. The lowest BCUT2D eigenvalue weighted by molar-refractivity contribution is 0.314. The molecule has 1 aromatic carbocycles. The first-order valence-corrected chi connectivity index (χ1v) is 7.66. The number of sulfone groups is 1. The van der Waals surface area contributed by atoms with E-state index in [9.17, 15) is 8.42 Å². The summed E-state index contributed by atoms with van der Waals surface area (Å²) < 4.78 is 27.3. The standard InChI is InChI=1S/C11H16ClNO3S/c1-17(14,15)7-3-6-16-11-5-2-4-10(12)9(11)8-13/h2,4-5H,3,6-8,13H2,1H3. The van der Waals surface area contributed by atoms with Crippen molar-refractivity contribution in [2.24, 2.45) is 5.73 Å². The van der Waals surface area contributed by atoms with Gasteiger partial charge in [0.2, 0.25) is 0 Å². The number of rotatable bonds is 6. The minimum absolute atomic E-state index is 0.117. The monoisotopic (exact) mass is 277 g/mol. The summed E-state index contributed by atoms with van der Waals surface area (Å²) in [6.07, 6.45) is 1.66. The van der Waals surface area contributed by atoms with Crippen LogP contribution in [0.1, 0.15) is 12.0 Å². The zero-order valence-electron chi connectivity index (χ0n) is 9.65. The average Bonchev–Trinajstić information content (AvgIpc) is 2.23. The molecule has 0 saturated heterocycles. The first-order valence-electron chi connectivity index (χ1n) is 5.22. The predicted octanol–water partition coefficient (Wildman–Crippen LogP) is 1.61. The van der Waals surface area contributed by atoms with Crippen molar-refractivity contribution in [2.75, 3.05) is 18.6 Å². The van der Waals surface area contributed by atoms with E-state index in [4.69, 9.17) is 22.1 Å². The van der Waals surface area contributed by atoms with Gasteiger partial charge in [-0.05, 0) is 18.6 Å². The van der Waals surface area contributed by atoms with Crippen molar-refractivity contribution >= 4 is 21.4 Å². The van der Waals surface area contributed by atoms with Gasteiger partial charge in [0, 0.05) is 23.4 Å². The molecule has 0 unspecified atom stereocenters. The first kappa shape index (κ1) is 14.3. The summed E-state index contributed by atoms with van der Waals surface area (Å²) in [5, 5.41) is 0.563. The summed E-state index contributed by atoms with van der Waals surface area (Å²) >= 11 is 5.96. The van der Waals surface area contributed by atoms with Gasteiger partial charge in [-0.2, -0.15) is 0 Å². The van der Waals surface area contributed by atoms with Gasteiger partial charge in [0.05, 0.1) is 12.4 Å². The SMILES string of the molecule is CS(=O)(=O)CCCOc1cccc(Cl)c1CN. The Labute approximate surface area is 107 Å². The number of ether oxygens (including phenoxy) is 1. The van der Waals surface area contributed by atoms with E-state index in [-0.39, 0.29) is 5.75 Å². The topological polar surface area (TPSA) is 69.4 Å². The Morgan fingerprint density at radius 2 is 2.12 bits per heavy atom. The highest BCUT2D eigenvalue weighted by molar-refractivity contribution is 7.90. The third kappa shape index (κ3) is 4.93. The highest BCUT2D eigenvalue weighted by Gasteiger charge is 2.07. The molecule has 0 aromatic heterocycles. The van der Waals surface area contributed by atoms with Crippen LogP contribution in [0.5, 0.6) is 5.75 Å². The molecule has 0 aliphatic carbocycles. The molecule has 96 valence electrons. The molecule has 0 amide bonds. The van der Waals surface area contributed by atoms with Crippen molar-refractivity contribution in [3.8, 4) is 5.75 Å².